The Bertz CT molecular complexity index is 537. The minimum Gasteiger partial charge on any atom is -0.331 e. The molecule has 4 amide bonds. The summed E-state index contributed by atoms with van der Waals surface area (Å²) in [6.45, 7) is 9.65. The largest absolute Gasteiger partial charge is 0.331 e. The van der Waals surface area contributed by atoms with Crippen molar-refractivity contribution in [2.75, 3.05) is 38.8 Å². The van der Waals surface area contributed by atoms with E-state index in [2.05, 4.69) is 17.1 Å². The molecule has 176 valence electrons. The molecule has 0 radical (unpaired) electrons. The third kappa shape index (κ3) is 11.3. The summed E-state index contributed by atoms with van der Waals surface area (Å²) >= 11 is 2.86. The molecular weight excluding hydrogens is 432 g/mol. The van der Waals surface area contributed by atoms with E-state index in [9.17, 15) is 19.2 Å². The first-order chi connectivity index (χ1) is 14.2. The van der Waals surface area contributed by atoms with E-state index in [1.807, 2.05) is 27.8 Å². The van der Waals surface area contributed by atoms with Gasteiger partial charge in [-0.25, -0.2) is 0 Å². The van der Waals surface area contributed by atoms with E-state index >= 15 is 0 Å². The normalized spacial score (nSPS) is 20.3. The average Bonchev–Trinajstić information content (AvgIpc) is 3.13. The molecule has 4 N–H and O–H groups in total. The van der Waals surface area contributed by atoms with Gasteiger partial charge in [0.1, 0.15) is 0 Å². The molecule has 2 rings (SSSR count). The molecule has 10 nitrogen and oxygen atoms in total. The average molecular weight is 469 g/mol. The minimum absolute atomic E-state index is 0.133. The number of hydrogen-bond donors (Lipinski definition) is 3. The summed E-state index contributed by atoms with van der Waals surface area (Å²) < 4.78 is 0. The monoisotopic (exact) mass is 468 g/mol. The molecule has 2 saturated heterocycles. The first kappa shape index (κ1) is 31.0. The van der Waals surface area contributed by atoms with E-state index in [0.717, 1.165) is 29.7 Å². The number of nitrogens with two attached hydrogens (primary N) is 1. The molecule has 0 aromatic carbocycles. The second kappa shape index (κ2) is 18.6. The lowest BCUT2D eigenvalue weighted by molar-refractivity contribution is -0.179. The van der Waals surface area contributed by atoms with Crippen LogP contribution in [-0.4, -0.2) is 88.2 Å². The first-order valence-corrected chi connectivity index (χ1v) is 11.8. The van der Waals surface area contributed by atoms with Crippen LogP contribution in [0.15, 0.2) is 0 Å². The lowest BCUT2D eigenvalue weighted by atomic mass is 10.4. The van der Waals surface area contributed by atoms with Crippen molar-refractivity contribution in [3.63, 3.8) is 0 Å². The molecule has 0 spiro atoms. The quantitative estimate of drug-likeness (QED) is 0.380. The molecule has 2 heterocycles. The molecule has 2 aliphatic heterocycles. The van der Waals surface area contributed by atoms with Gasteiger partial charge >= 0.3 is 0 Å². The maximum Gasteiger partial charge on any atom is 0.267 e. The Kier molecular flexibility index (Phi) is 19.2. The van der Waals surface area contributed by atoms with Gasteiger partial charge in [0.2, 0.25) is 0 Å². The molecule has 2 atom stereocenters. The number of carbonyl (C=O) groups is 4. The summed E-state index contributed by atoms with van der Waals surface area (Å²) in [7, 11) is 3.26. The summed E-state index contributed by atoms with van der Waals surface area (Å²) in [5.74, 6) is 0.157. The first-order valence-electron chi connectivity index (χ1n) is 9.74. The van der Waals surface area contributed by atoms with Crippen LogP contribution in [0.5, 0.6) is 0 Å². The number of nitrogens with zero attached hydrogens (tertiary/aromatic N) is 2. The van der Waals surface area contributed by atoms with Crippen LogP contribution in [0.1, 0.15) is 40.5 Å². The smallest absolute Gasteiger partial charge is 0.267 e. The van der Waals surface area contributed by atoms with Crippen molar-refractivity contribution in [3.8, 4) is 0 Å². The highest BCUT2D eigenvalue weighted by molar-refractivity contribution is 8.00. The number of carbonyl (C=O) groups excluding carboxylic acids is 4. The van der Waals surface area contributed by atoms with Gasteiger partial charge in [-0.2, -0.15) is 10.1 Å². The Morgan fingerprint density at radius 2 is 1.40 bits per heavy atom. The Hall–Kier alpha value is -1.18. The van der Waals surface area contributed by atoms with Crippen LogP contribution in [0, 0.1) is 0 Å². The van der Waals surface area contributed by atoms with Crippen LogP contribution in [0.3, 0.4) is 0 Å². The van der Waals surface area contributed by atoms with E-state index in [-0.39, 0.29) is 40.2 Å². The fraction of sp³-hybridized carbons (Fsp3) is 0.778. The predicted molar refractivity (Wildman–Crippen MR) is 120 cm³/mol. The van der Waals surface area contributed by atoms with Crippen LogP contribution in [-0.2, 0) is 24.0 Å². The van der Waals surface area contributed by atoms with Gasteiger partial charge in [-0.1, -0.05) is 27.7 Å². The van der Waals surface area contributed by atoms with Gasteiger partial charge in [0.25, 0.3) is 23.6 Å². The van der Waals surface area contributed by atoms with Crippen LogP contribution >= 0.6 is 23.5 Å². The topological polar surface area (TPSA) is 142 Å². The van der Waals surface area contributed by atoms with Crippen molar-refractivity contribution in [3.05, 3.63) is 0 Å². The van der Waals surface area contributed by atoms with Gasteiger partial charge in [0.05, 0.1) is 30.5 Å². The Labute approximate surface area is 187 Å². The zero-order valence-electron chi connectivity index (χ0n) is 18.7. The number of hydroxylamine groups is 4. The zero-order valence-corrected chi connectivity index (χ0v) is 20.3. The highest BCUT2D eigenvalue weighted by atomic mass is 32.2. The highest BCUT2D eigenvalue weighted by Crippen LogP contribution is 2.24. The van der Waals surface area contributed by atoms with E-state index in [1.165, 1.54) is 30.6 Å². The standard InChI is InChI=1S/C7H11NO3S.C6H9NO3S.C3H9N.C2H7N/c1-3-12-5-4-6(9)8(11-2)7(5)10;1-2-11-4-3-5(8)7(10)6(4)9;1-3-4-2;1-2-3/h5H,3-4H2,1-2H3;4,10H,2-3H2,1H3;4H,3H2,1-2H3;2-3H2,1H3. The van der Waals surface area contributed by atoms with Gasteiger partial charge in [-0.15, -0.1) is 23.5 Å². The van der Waals surface area contributed by atoms with Crippen molar-refractivity contribution in [2.24, 2.45) is 5.73 Å². The predicted octanol–water partition coefficient (Wildman–Crippen LogP) is 0.875. The summed E-state index contributed by atoms with van der Waals surface area (Å²) in [5, 5.41) is 12.2. The maximum absolute atomic E-state index is 11.3. The molecule has 0 aromatic heterocycles. The fourth-order valence-corrected chi connectivity index (χ4v) is 3.84. The van der Waals surface area contributed by atoms with Crippen LogP contribution in [0.25, 0.3) is 0 Å². The third-order valence-electron chi connectivity index (χ3n) is 3.41. The van der Waals surface area contributed by atoms with E-state index in [4.69, 9.17) is 10.9 Å². The van der Waals surface area contributed by atoms with Crippen LogP contribution in [0.2, 0.25) is 0 Å². The Morgan fingerprint density at radius 1 is 1.00 bits per heavy atom. The summed E-state index contributed by atoms with van der Waals surface area (Å²) in [4.78, 5) is 48.6. The van der Waals surface area contributed by atoms with Gasteiger partial charge in [-0.3, -0.25) is 29.2 Å². The van der Waals surface area contributed by atoms with Crippen molar-refractivity contribution in [2.45, 2.75) is 51.0 Å². The number of thioether (sulfide) groups is 2. The van der Waals surface area contributed by atoms with Crippen LogP contribution < -0.4 is 11.1 Å². The highest BCUT2D eigenvalue weighted by Gasteiger charge is 2.39. The summed E-state index contributed by atoms with van der Waals surface area (Å²) in [6, 6.07) is 0. The number of rotatable bonds is 6. The Balaban J connectivity index is 0. The molecule has 2 aliphatic rings. The molecule has 0 aromatic rings. The molecule has 2 fully saturated rings. The molecule has 0 saturated carbocycles. The van der Waals surface area contributed by atoms with Crippen LogP contribution in [0.4, 0.5) is 0 Å². The van der Waals surface area contributed by atoms with E-state index in [0.29, 0.717) is 0 Å². The van der Waals surface area contributed by atoms with Crippen molar-refractivity contribution in [1.82, 2.24) is 15.4 Å². The molecule has 0 aliphatic carbocycles. The number of hydrogen-bond acceptors (Lipinski definition) is 10. The lowest BCUT2D eigenvalue weighted by Gasteiger charge is -2.09. The number of nitrogens with one attached hydrogen (secondary N) is 1. The van der Waals surface area contributed by atoms with Gasteiger partial charge in [0, 0.05) is 0 Å². The lowest BCUT2D eigenvalue weighted by Crippen LogP contribution is -2.30. The Morgan fingerprint density at radius 3 is 1.67 bits per heavy atom. The van der Waals surface area contributed by atoms with E-state index in [1.54, 1.807) is 0 Å². The number of imide groups is 2. The fourth-order valence-electron chi connectivity index (χ4n) is 2.03. The molecular formula is C18H36N4O6S2. The molecule has 0 bridgehead atoms. The SMILES string of the molecule is CCN.CCNC.CCSC1CC(=O)N(O)C1=O.CCSC1CC(=O)N(OC)C1=O. The van der Waals surface area contributed by atoms with Gasteiger partial charge in [0.15, 0.2) is 0 Å². The van der Waals surface area contributed by atoms with Crippen molar-refractivity contribution < 1.29 is 29.2 Å². The van der Waals surface area contributed by atoms with Gasteiger partial charge < -0.3 is 11.1 Å². The van der Waals surface area contributed by atoms with Crippen molar-refractivity contribution in [1.29, 1.82) is 0 Å². The summed E-state index contributed by atoms with van der Waals surface area (Å²) in [6.07, 6.45) is 0.402. The molecule has 12 heteroatoms. The third-order valence-corrected chi connectivity index (χ3v) is 5.62. The van der Waals surface area contributed by atoms with Gasteiger partial charge in [-0.05, 0) is 31.6 Å². The number of amides is 4. The van der Waals surface area contributed by atoms with Crippen molar-refractivity contribution >= 4 is 47.2 Å². The summed E-state index contributed by atoms with van der Waals surface area (Å²) in [5.41, 5.74) is 4.85. The second-order valence-electron chi connectivity index (χ2n) is 5.66. The van der Waals surface area contributed by atoms with E-state index < -0.39 is 11.8 Å². The maximum atomic E-state index is 11.3. The molecule has 2 unspecified atom stereocenters. The zero-order chi connectivity index (χ0) is 23.7. The molecule has 30 heavy (non-hydrogen) atoms. The minimum atomic E-state index is -0.499. The second-order valence-corrected chi connectivity index (χ2v) is 8.62.